The van der Waals surface area contributed by atoms with E-state index in [0.717, 1.165) is 5.13 Å². The predicted molar refractivity (Wildman–Crippen MR) is 63.3 cm³/mol. The van der Waals surface area contributed by atoms with Gasteiger partial charge in [0.1, 0.15) is 4.88 Å². The molecule has 0 bridgehead atoms. The largest absolute Gasteiger partial charge is 0.465 e. The van der Waals surface area contributed by atoms with E-state index in [2.05, 4.69) is 15.0 Å². The fraction of sp³-hybridized carbons (Fsp3) is 0.500. The summed E-state index contributed by atoms with van der Waals surface area (Å²) in [6.07, 6.45) is 1.96. The van der Waals surface area contributed by atoms with Crippen molar-refractivity contribution in [3.05, 3.63) is 11.1 Å². The first-order chi connectivity index (χ1) is 8.20. The number of nitrogens with one attached hydrogen (secondary N) is 1. The minimum absolute atomic E-state index is 0.0530. The van der Waals surface area contributed by atoms with E-state index in [1.54, 1.807) is 0 Å². The van der Waals surface area contributed by atoms with Crippen LogP contribution in [0.15, 0.2) is 6.20 Å². The van der Waals surface area contributed by atoms with Gasteiger partial charge in [-0.05, 0) is 0 Å². The van der Waals surface area contributed by atoms with Gasteiger partial charge in [-0.25, -0.2) is 9.78 Å². The number of ether oxygens (including phenoxy) is 1. The number of hydrogen-bond acceptors (Lipinski definition) is 6. The Kier molecular flexibility index (Phi) is 3.58. The zero-order valence-electron chi connectivity index (χ0n) is 9.43. The van der Waals surface area contributed by atoms with E-state index in [1.165, 1.54) is 24.6 Å². The van der Waals surface area contributed by atoms with Crippen molar-refractivity contribution in [1.82, 2.24) is 10.3 Å². The molecule has 1 amide bonds. The number of anilines is 1. The Balaban J connectivity index is 2.08. The van der Waals surface area contributed by atoms with Crippen LogP contribution in [0.4, 0.5) is 5.13 Å². The maximum atomic E-state index is 11.3. The highest BCUT2D eigenvalue weighted by atomic mass is 32.1. The number of thiazole rings is 1. The predicted octanol–water partition coefficient (Wildman–Crippen LogP) is 0.256. The lowest BCUT2D eigenvalue weighted by Gasteiger charge is -2.17. The van der Waals surface area contributed by atoms with Crippen molar-refractivity contribution < 1.29 is 14.3 Å². The summed E-state index contributed by atoms with van der Waals surface area (Å²) in [5.41, 5.74) is 0. The standard InChI is InChI=1S/C10H13N3O3S/c1-16-9(15)7-6-12-10(17-7)13-4-2-8(14)11-3-5-13/h6H,2-5H2,1H3,(H,11,14). The van der Waals surface area contributed by atoms with Crippen molar-refractivity contribution in [2.75, 3.05) is 31.6 Å². The zero-order valence-corrected chi connectivity index (χ0v) is 10.2. The molecular formula is C10H13N3O3S. The summed E-state index contributed by atoms with van der Waals surface area (Å²) in [4.78, 5) is 29.1. The molecule has 2 heterocycles. The Hall–Kier alpha value is -1.63. The average molecular weight is 255 g/mol. The molecule has 0 radical (unpaired) electrons. The van der Waals surface area contributed by atoms with Crippen molar-refractivity contribution in [2.24, 2.45) is 0 Å². The van der Waals surface area contributed by atoms with Crippen LogP contribution in [0, 0.1) is 0 Å². The molecule has 1 fully saturated rings. The fourth-order valence-corrected chi connectivity index (χ4v) is 2.45. The SMILES string of the molecule is COC(=O)c1cnc(N2CCNC(=O)CC2)s1. The van der Waals surface area contributed by atoms with E-state index in [-0.39, 0.29) is 11.9 Å². The van der Waals surface area contributed by atoms with Gasteiger partial charge in [0.15, 0.2) is 5.13 Å². The van der Waals surface area contributed by atoms with Crippen molar-refractivity contribution in [1.29, 1.82) is 0 Å². The summed E-state index contributed by atoms with van der Waals surface area (Å²) in [6, 6.07) is 0. The first-order valence-electron chi connectivity index (χ1n) is 5.26. The number of methoxy groups -OCH3 is 1. The van der Waals surface area contributed by atoms with Crippen LogP contribution in [-0.4, -0.2) is 43.6 Å². The number of nitrogens with zero attached hydrogens (tertiary/aromatic N) is 2. The Morgan fingerprint density at radius 1 is 1.59 bits per heavy atom. The molecule has 17 heavy (non-hydrogen) atoms. The average Bonchev–Trinajstić information content (AvgIpc) is 2.72. The quantitative estimate of drug-likeness (QED) is 0.767. The molecule has 0 unspecified atom stereocenters. The Morgan fingerprint density at radius 3 is 3.18 bits per heavy atom. The van der Waals surface area contributed by atoms with Crippen LogP contribution in [0.5, 0.6) is 0 Å². The Morgan fingerprint density at radius 2 is 2.41 bits per heavy atom. The van der Waals surface area contributed by atoms with Gasteiger partial charge < -0.3 is 15.0 Å². The molecule has 0 aliphatic carbocycles. The Bertz CT molecular complexity index is 432. The summed E-state index contributed by atoms with van der Waals surface area (Å²) in [5, 5.41) is 3.54. The molecule has 1 aromatic rings. The van der Waals surface area contributed by atoms with Gasteiger partial charge in [-0.2, -0.15) is 0 Å². The summed E-state index contributed by atoms with van der Waals surface area (Å²) in [6.45, 7) is 1.94. The van der Waals surface area contributed by atoms with Gasteiger partial charge in [-0.1, -0.05) is 11.3 Å². The maximum absolute atomic E-state index is 11.3. The minimum Gasteiger partial charge on any atom is -0.465 e. The number of carbonyl (C=O) groups is 2. The second kappa shape index (κ2) is 5.13. The molecule has 0 spiro atoms. The molecular weight excluding hydrogens is 242 g/mol. The Labute approximate surface area is 103 Å². The third kappa shape index (κ3) is 2.73. The van der Waals surface area contributed by atoms with E-state index in [9.17, 15) is 9.59 Å². The lowest BCUT2D eigenvalue weighted by Crippen LogP contribution is -2.28. The smallest absolute Gasteiger partial charge is 0.349 e. The third-order valence-electron chi connectivity index (χ3n) is 2.46. The summed E-state index contributed by atoms with van der Waals surface area (Å²) < 4.78 is 4.63. The van der Waals surface area contributed by atoms with Crippen LogP contribution in [0.1, 0.15) is 16.1 Å². The minimum atomic E-state index is -0.377. The van der Waals surface area contributed by atoms with Crippen molar-refractivity contribution in [3.63, 3.8) is 0 Å². The van der Waals surface area contributed by atoms with Gasteiger partial charge in [0.2, 0.25) is 5.91 Å². The number of aromatic nitrogens is 1. The molecule has 1 aliphatic rings. The zero-order chi connectivity index (χ0) is 12.3. The molecule has 0 saturated carbocycles. The van der Waals surface area contributed by atoms with E-state index in [4.69, 9.17) is 0 Å². The van der Waals surface area contributed by atoms with E-state index >= 15 is 0 Å². The van der Waals surface area contributed by atoms with Crippen LogP contribution in [0.2, 0.25) is 0 Å². The molecule has 1 saturated heterocycles. The topological polar surface area (TPSA) is 71.5 Å². The fourth-order valence-electron chi connectivity index (χ4n) is 1.56. The van der Waals surface area contributed by atoms with Crippen LogP contribution < -0.4 is 10.2 Å². The summed E-state index contributed by atoms with van der Waals surface area (Å²) in [7, 11) is 1.34. The number of amides is 1. The number of esters is 1. The molecule has 92 valence electrons. The third-order valence-corrected chi connectivity index (χ3v) is 3.50. The first kappa shape index (κ1) is 11.8. The molecule has 0 atom stereocenters. The number of carbonyl (C=O) groups excluding carboxylic acids is 2. The van der Waals surface area contributed by atoms with Crippen molar-refractivity contribution in [3.8, 4) is 0 Å². The maximum Gasteiger partial charge on any atom is 0.349 e. The first-order valence-corrected chi connectivity index (χ1v) is 6.08. The summed E-state index contributed by atoms with van der Waals surface area (Å²) >= 11 is 1.28. The van der Waals surface area contributed by atoms with Gasteiger partial charge in [-0.3, -0.25) is 4.79 Å². The molecule has 6 nitrogen and oxygen atoms in total. The molecule has 2 rings (SSSR count). The second-order valence-electron chi connectivity index (χ2n) is 3.59. The van der Waals surface area contributed by atoms with E-state index in [1.807, 2.05) is 4.90 Å². The van der Waals surface area contributed by atoms with Crippen LogP contribution >= 0.6 is 11.3 Å². The number of hydrogen-bond donors (Lipinski definition) is 1. The lowest BCUT2D eigenvalue weighted by atomic mass is 10.4. The van der Waals surface area contributed by atoms with Gasteiger partial charge in [0, 0.05) is 26.1 Å². The van der Waals surface area contributed by atoms with E-state index < -0.39 is 0 Å². The van der Waals surface area contributed by atoms with Gasteiger partial charge >= 0.3 is 5.97 Å². The van der Waals surface area contributed by atoms with Crippen molar-refractivity contribution >= 4 is 28.3 Å². The van der Waals surface area contributed by atoms with Gasteiger partial charge in [-0.15, -0.1) is 0 Å². The molecule has 1 aromatic heterocycles. The monoisotopic (exact) mass is 255 g/mol. The lowest BCUT2D eigenvalue weighted by molar-refractivity contribution is -0.120. The molecule has 1 N–H and O–H groups in total. The number of rotatable bonds is 2. The highest BCUT2D eigenvalue weighted by molar-refractivity contribution is 7.17. The van der Waals surface area contributed by atoms with Gasteiger partial charge in [0.05, 0.1) is 13.3 Å². The van der Waals surface area contributed by atoms with Crippen LogP contribution in [-0.2, 0) is 9.53 Å². The second-order valence-corrected chi connectivity index (χ2v) is 4.59. The van der Waals surface area contributed by atoms with Crippen molar-refractivity contribution in [2.45, 2.75) is 6.42 Å². The highest BCUT2D eigenvalue weighted by Crippen LogP contribution is 2.23. The normalized spacial score (nSPS) is 16.3. The molecule has 0 aromatic carbocycles. The van der Waals surface area contributed by atoms with E-state index in [0.29, 0.717) is 30.9 Å². The van der Waals surface area contributed by atoms with Crippen LogP contribution in [0.25, 0.3) is 0 Å². The van der Waals surface area contributed by atoms with Crippen LogP contribution in [0.3, 0.4) is 0 Å². The summed E-state index contributed by atoms with van der Waals surface area (Å²) in [5.74, 6) is -0.324. The molecule has 1 aliphatic heterocycles. The highest BCUT2D eigenvalue weighted by Gasteiger charge is 2.18. The van der Waals surface area contributed by atoms with Gasteiger partial charge in [0.25, 0.3) is 0 Å². The molecule has 7 heteroatoms.